The van der Waals surface area contributed by atoms with Crippen LogP contribution < -0.4 is 5.73 Å². The molecule has 0 aliphatic rings. The Labute approximate surface area is 86.4 Å². The molecule has 0 saturated heterocycles. The number of benzene rings is 1. The minimum absolute atomic E-state index is 0.334. The second-order valence-corrected chi connectivity index (χ2v) is 3.23. The Balaban J connectivity index is 3.01. The van der Waals surface area contributed by atoms with Crippen LogP contribution in [0, 0.1) is 17.5 Å². The summed E-state index contributed by atoms with van der Waals surface area (Å²) in [5.41, 5.74) is 5.17. The molecule has 0 aromatic heterocycles. The van der Waals surface area contributed by atoms with Crippen molar-refractivity contribution in [2.45, 2.75) is 18.9 Å². The fraction of sp³-hybridized carbons (Fsp3) is 0.273. The molecular weight excluding hydrogens is 203 g/mol. The minimum Gasteiger partial charge on any atom is -0.324 e. The first-order valence-electron chi connectivity index (χ1n) is 4.57. The number of rotatable bonds is 4. The van der Waals surface area contributed by atoms with E-state index >= 15 is 0 Å². The lowest BCUT2D eigenvalue weighted by molar-refractivity contribution is 0.459. The van der Waals surface area contributed by atoms with E-state index in [0.29, 0.717) is 12.8 Å². The molecule has 1 aromatic carbocycles. The molecule has 0 radical (unpaired) electrons. The van der Waals surface area contributed by atoms with Crippen LogP contribution in [0.3, 0.4) is 0 Å². The number of hydrogen-bond acceptors (Lipinski definition) is 1. The fourth-order valence-corrected chi connectivity index (χ4v) is 1.32. The zero-order valence-corrected chi connectivity index (χ0v) is 8.14. The molecule has 1 aromatic rings. The standard InChI is InChI=1S/C11H12F3N/c1-2-3-4-9(15)10-7(12)5-6-8(13)11(10)14/h2,5-6,9H,1,3-4,15H2/t9-/m0/s1. The van der Waals surface area contributed by atoms with Gasteiger partial charge in [-0.25, -0.2) is 13.2 Å². The summed E-state index contributed by atoms with van der Waals surface area (Å²) in [4.78, 5) is 0. The number of hydrogen-bond donors (Lipinski definition) is 1. The maximum Gasteiger partial charge on any atom is 0.166 e. The molecule has 0 aliphatic carbocycles. The molecule has 0 fully saturated rings. The van der Waals surface area contributed by atoms with Gasteiger partial charge in [-0.1, -0.05) is 6.08 Å². The van der Waals surface area contributed by atoms with E-state index < -0.39 is 29.1 Å². The van der Waals surface area contributed by atoms with Gasteiger partial charge in [-0.2, -0.15) is 0 Å². The van der Waals surface area contributed by atoms with Crippen molar-refractivity contribution in [1.29, 1.82) is 0 Å². The van der Waals surface area contributed by atoms with Gasteiger partial charge in [-0.15, -0.1) is 6.58 Å². The van der Waals surface area contributed by atoms with Gasteiger partial charge in [0.1, 0.15) is 5.82 Å². The average molecular weight is 215 g/mol. The van der Waals surface area contributed by atoms with Crippen LogP contribution in [0.1, 0.15) is 24.4 Å². The van der Waals surface area contributed by atoms with E-state index in [0.717, 1.165) is 12.1 Å². The zero-order valence-electron chi connectivity index (χ0n) is 8.14. The molecule has 1 rings (SSSR count). The summed E-state index contributed by atoms with van der Waals surface area (Å²) in [5.74, 6) is -3.10. The van der Waals surface area contributed by atoms with Gasteiger partial charge in [0.05, 0.1) is 0 Å². The number of halogens is 3. The Hall–Kier alpha value is -1.29. The highest BCUT2D eigenvalue weighted by Crippen LogP contribution is 2.24. The second-order valence-electron chi connectivity index (χ2n) is 3.23. The Bertz CT molecular complexity index is 363. The Morgan fingerprint density at radius 2 is 1.87 bits per heavy atom. The molecule has 4 heteroatoms. The largest absolute Gasteiger partial charge is 0.324 e. The summed E-state index contributed by atoms with van der Waals surface area (Å²) < 4.78 is 39.2. The molecule has 0 saturated carbocycles. The van der Waals surface area contributed by atoms with Crippen molar-refractivity contribution >= 4 is 0 Å². The summed E-state index contributed by atoms with van der Waals surface area (Å²) in [7, 11) is 0. The molecule has 0 spiro atoms. The Morgan fingerprint density at radius 1 is 1.27 bits per heavy atom. The summed E-state index contributed by atoms with van der Waals surface area (Å²) >= 11 is 0. The van der Waals surface area contributed by atoms with Crippen molar-refractivity contribution in [3.63, 3.8) is 0 Å². The molecule has 0 bridgehead atoms. The van der Waals surface area contributed by atoms with E-state index in [2.05, 4.69) is 6.58 Å². The normalized spacial score (nSPS) is 12.5. The van der Waals surface area contributed by atoms with Gasteiger partial charge in [-0.3, -0.25) is 0 Å². The molecule has 82 valence electrons. The minimum atomic E-state index is -1.20. The maximum atomic E-state index is 13.2. The third-order valence-electron chi connectivity index (χ3n) is 2.13. The Kier molecular flexibility index (Phi) is 3.91. The predicted octanol–water partition coefficient (Wildman–Crippen LogP) is 3.07. The lowest BCUT2D eigenvalue weighted by Gasteiger charge is -2.13. The Morgan fingerprint density at radius 3 is 2.47 bits per heavy atom. The highest BCUT2D eigenvalue weighted by atomic mass is 19.2. The van der Waals surface area contributed by atoms with Gasteiger partial charge in [0.25, 0.3) is 0 Å². The summed E-state index contributed by atoms with van der Waals surface area (Å²) in [6.07, 6.45) is 2.45. The van der Waals surface area contributed by atoms with Crippen LogP contribution in [0.5, 0.6) is 0 Å². The van der Waals surface area contributed by atoms with Gasteiger partial charge in [0, 0.05) is 11.6 Å². The average Bonchev–Trinajstić information content (AvgIpc) is 2.21. The summed E-state index contributed by atoms with van der Waals surface area (Å²) in [6.45, 7) is 3.47. The number of allylic oxidation sites excluding steroid dienone is 1. The van der Waals surface area contributed by atoms with E-state index in [9.17, 15) is 13.2 Å². The first-order valence-corrected chi connectivity index (χ1v) is 4.57. The SMILES string of the molecule is C=CCC[C@H](N)c1c(F)ccc(F)c1F. The van der Waals surface area contributed by atoms with Crippen molar-refractivity contribution < 1.29 is 13.2 Å². The molecule has 1 nitrogen and oxygen atoms in total. The van der Waals surface area contributed by atoms with Crippen LogP contribution in [-0.4, -0.2) is 0 Å². The predicted molar refractivity (Wildman–Crippen MR) is 52.7 cm³/mol. The summed E-state index contributed by atoms with van der Waals surface area (Å²) in [6, 6.07) is 0.773. The molecule has 1 atom stereocenters. The second kappa shape index (κ2) is 4.98. The van der Waals surface area contributed by atoms with E-state index in [4.69, 9.17) is 5.73 Å². The molecule has 0 heterocycles. The summed E-state index contributed by atoms with van der Waals surface area (Å²) in [5, 5.41) is 0. The van der Waals surface area contributed by atoms with Crippen LogP contribution in [0.25, 0.3) is 0 Å². The smallest absolute Gasteiger partial charge is 0.166 e. The van der Waals surface area contributed by atoms with Gasteiger partial charge in [-0.05, 0) is 25.0 Å². The topological polar surface area (TPSA) is 26.0 Å². The monoisotopic (exact) mass is 215 g/mol. The van der Waals surface area contributed by atoms with E-state index in [1.54, 1.807) is 6.08 Å². The first-order chi connectivity index (χ1) is 7.07. The quantitative estimate of drug-likeness (QED) is 0.606. The highest BCUT2D eigenvalue weighted by Gasteiger charge is 2.19. The van der Waals surface area contributed by atoms with Gasteiger partial charge in [0.2, 0.25) is 0 Å². The third-order valence-corrected chi connectivity index (χ3v) is 2.13. The molecule has 15 heavy (non-hydrogen) atoms. The van der Waals surface area contributed by atoms with Crippen molar-refractivity contribution in [2.24, 2.45) is 5.73 Å². The molecular formula is C11H12F3N. The maximum absolute atomic E-state index is 13.2. The highest BCUT2D eigenvalue weighted by molar-refractivity contribution is 5.24. The van der Waals surface area contributed by atoms with Crippen LogP contribution in [-0.2, 0) is 0 Å². The van der Waals surface area contributed by atoms with E-state index in [1.807, 2.05) is 0 Å². The van der Waals surface area contributed by atoms with Crippen molar-refractivity contribution in [2.75, 3.05) is 0 Å². The molecule has 2 N–H and O–H groups in total. The van der Waals surface area contributed by atoms with Gasteiger partial charge in [0.15, 0.2) is 11.6 Å². The van der Waals surface area contributed by atoms with Crippen molar-refractivity contribution in [3.8, 4) is 0 Å². The van der Waals surface area contributed by atoms with Crippen LogP contribution in [0.15, 0.2) is 24.8 Å². The fourth-order valence-electron chi connectivity index (χ4n) is 1.32. The molecule has 0 unspecified atom stereocenters. The lowest BCUT2D eigenvalue weighted by atomic mass is 10.0. The van der Waals surface area contributed by atoms with Crippen LogP contribution in [0.4, 0.5) is 13.2 Å². The van der Waals surface area contributed by atoms with Crippen LogP contribution in [0.2, 0.25) is 0 Å². The number of nitrogens with two attached hydrogens (primary N) is 1. The van der Waals surface area contributed by atoms with E-state index in [-0.39, 0.29) is 0 Å². The molecule has 0 aliphatic heterocycles. The van der Waals surface area contributed by atoms with Crippen molar-refractivity contribution in [1.82, 2.24) is 0 Å². The van der Waals surface area contributed by atoms with Crippen molar-refractivity contribution in [3.05, 3.63) is 47.8 Å². The first kappa shape index (κ1) is 11.8. The van der Waals surface area contributed by atoms with Crippen LogP contribution >= 0.6 is 0 Å². The van der Waals surface area contributed by atoms with Gasteiger partial charge >= 0.3 is 0 Å². The van der Waals surface area contributed by atoms with E-state index in [1.165, 1.54) is 0 Å². The third kappa shape index (κ3) is 2.59. The van der Waals surface area contributed by atoms with Gasteiger partial charge < -0.3 is 5.73 Å². The molecule has 0 amide bonds. The zero-order chi connectivity index (χ0) is 11.4. The lowest BCUT2D eigenvalue weighted by Crippen LogP contribution is -2.15.